The van der Waals surface area contributed by atoms with Gasteiger partial charge in [-0.05, 0) is 48.9 Å². The van der Waals surface area contributed by atoms with Crippen molar-refractivity contribution in [3.63, 3.8) is 0 Å². The first-order chi connectivity index (χ1) is 12.3. The van der Waals surface area contributed by atoms with E-state index in [1.54, 1.807) is 0 Å². The van der Waals surface area contributed by atoms with Crippen LogP contribution in [0.4, 0.5) is 0 Å². The molecular formula is C24H34O. The second-order valence-corrected chi connectivity index (χ2v) is 6.94. The summed E-state index contributed by atoms with van der Waals surface area (Å²) in [5.41, 5.74) is 2.67. The van der Waals surface area contributed by atoms with Gasteiger partial charge in [0.05, 0.1) is 0 Å². The molecule has 136 valence electrons. The van der Waals surface area contributed by atoms with Crippen molar-refractivity contribution in [3.8, 4) is 11.5 Å². The molecule has 1 heteroatoms. The highest BCUT2D eigenvalue weighted by molar-refractivity contribution is 5.41. The molecule has 0 spiro atoms. The third kappa shape index (κ3) is 6.94. The minimum absolute atomic E-state index is 1.03. The maximum Gasteiger partial charge on any atom is 0.130 e. The molecular weight excluding hydrogens is 304 g/mol. The van der Waals surface area contributed by atoms with Crippen LogP contribution in [0.15, 0.2) is 48.5 Å². The number of benzene rings is 2. The fourth-order valence-electron chi connectivity index (χ4n) is 3.22. The Labute approximate surface area is 154 Å². The molecule has 0 saturated carbocycles. The molecule has 2 rings (SSSR count). The molecule has 0 radical (unpaired) electrons. The number of aryl methyl sites for hydroxylation is 2. The molecule has 0 unspecified atom stereocenters. The van der Waals surface area contributed by atoms with Crippen LogP contribution in [0.2, 0.25) is 0 Å². The average Bonchev–Trinajstić information content (AvgIpc) is 2.65. The van der Waals surface area contributed by atoms with Crippen molar-refractivity contribution in [1.29, 1.82) is 0 Å². The molecule has 0 amide bonds. The number of rotatable bonds is 12. The van der Waals surface area contributed by atoms with E-state index in [9.17, 15) is 0 Å². The van der Waals surface area contributed by atoms with Gasteiger partial charge >= 0.3 is 0 Å². The third-order valence-electron chi connectivity index (χ3n) is 4.76. The van der Waals surface area contributed by atoms with Gasteiger partial charge in [0.15, 0.2) is 0 Å². The fourth-order valence-corrected chi connectivity index (χ4v) is 3.22. The molecule has 0 aliphatic heterocycles. The van der Waals surface area contributed by atoms with Crippen LogP contribution >= 0.6 is 0 Å². The molecule has 0 N–H and O–H groups in total. The summed E-state index contributed by atoms with van der Waals surface area (Å²) >= 11 is 0. The zero-order chi connectivity index (χ0) is 17.7. The molecule has 0 heterocycles. The highest BCUT2D eigenvalue weighted by Crippen LogP contribution is 2.30. The van der Waals surface area contributed by atoms with Gasteiger partial charge in [-0.2, -0.15) is 0 Å². The lowest BCUT2D eigenvalue weighted by Gasteiger charge is -2.14. The first-order valence-corrected chi connectivity index (χ1v) is 10.2. The van der Waals surface area contributed by atoms with Gasteiger partial charge < -0.3 is 4.74 Å². The molecule has 0 aliphatic carbocycles. The van der Waals surface area contributed by atoms with E-state index in [1.807, 2.05) is 0 Å². The number of hydrogen-bond acceptors (Lipinski definition) is 1. The summed E-state index contributed by atoms with van der Waals surface area (Å²) in [6.07, 6.45) is 12.5. The Morgan fingerprint density at radius 1 is 0.560 bits per heavy atom. The zero-order valence-corrected chi connectivity index (χ0v) is 16.1. The van der Waals surface area contributed by atoms with Crippen molar-refractivity contribution in [2.75, 3.05) is 0 Å². The molecule has 0 aromatic heterocycles. The number of hydrogen-bond donors (Lipinski definition) is 0. The fraction of sp³-hybridized carbons (Fsp3) is 0.500. The van der Waals surface area contributed by atoms with Gasteiger partial charge in [-0.15, -0.1) is 0 Å². The Bertz CT molecular complexity index is 549. The smallest absolute Gasteiger partial charge is 0.130 e. The van der Waals surface area contributed by atoms with E-state index in [0.717, 1.165) is 24.3 Å². The van der Waals surface area contributed by atoms with Crippen LogP contribution in [-0.4, -0.2) is 0 Å². The lowest BCUT2D eigenvalue weighted by atomic mass is 10.0. The van der Waals surface area contributed by atoms with Crippen LogP contribution in [0.3, 0.4) is 0 Å². The second kappa shape index (κ2) is 11.7. The van der Waals surface area contributed by atoms with Gasteiger partial charge in [0.2, 0.25) is 0 Å². The Hall–Kier alpha value is -1.76. The number of para-hydroxylation sites is 2. The Morgan fingerprint density at radius 2 is 1.00 bits per heavy atom. The Morgan fingerprint density at radius 3 is 1.44 bits per heavy atom. The molecule has 2 aromatic carbocycles. The number of unbranched alkanes of at least 4 members (excludes halogenated alkanes) is 6. The predicted octanol–water partition coefficient (Wildman–Crippen LogP) is 7.72. The Balaban J connectivity index is 2.01. The maximum atomic E-state index is 6.35. The molecule has 2 aromatic rings. The van der Waals surface area contributed by atoms with E-state index in [1.165, 1.54) is 62.5 Å². The van der Waals surface area contributed by atoms with Gasteiger partial charge in [0.1, 0.15) is 11.5 Å². The minimum Gasteiger partial charge on any atom is -0.457 e. The molecule has 1 nitrogen and oxygen atoms in total. The zero-order valence-electron chi connectivity index (χ0n) is 16.1. The first kappa shape index (κ1) is 19.6. The monoisotopic (exact) mass is 338 g/mol. The maximum absolute atomic E-state index is 6.35. The van der Waals surface area contributed by atoms with Gasteiger partial charge in [-0.1, -0.05) is 88.8 Å². The van der Waals surface area contributed by atoms with E-state index in [2.05, 4.69) is 62.4 Å². The standard InChI is InChI=1S/C24H34O/c1-3-5-7-9-15-21-17-11-13-19-23(21)25-24-20-14-12-18-22(24)16-10-8-6-4-2/h11-14,17-20H,3-10,15-16H2,1-2H3. The molecule has 0 bridgehead atoms. The van der Waals surface area contributed by atoms with Crippen molar-refractivity contribution in [2.45, 2.75) is 78.1 Å². The summed E-state index contributed by atoms with van der Waals surface area (Å²) < 4.78 is 6.35. The lowest BCUT2D eigenvalue weighted by molar-refractivity contribution is 0.466. The molecule has 0 aliphatic rings. The first-order valence-electron chi connectivity index (χ1n) is 10.2. The van der Waals surface area contributed by atoms with Gasteiger partial charge in [-0.25, -0.2) is 0 Å². The van der Waals surface area contributed by atoms with Crippen molar-refractivity contribution in [3.05, 3.63) is 59.7 Å². The summed E-state index contributed by atoms with van der Waals surface area (Å²) in [6.45, 7) is 4.52. The summed E-state index contributed by atoms with van der Waals surface area (Å²) in [4.78, 5) is 0. The van der Waals surface area contributed by atoms with Crippen LogP contribution < -0.4 is 4.74 Å². The highest BCUT2D eigenvalue weighted by Gasteiger charge is 2.08. The van der Waals surface area contributed by atoms with Crippen molar-refractivity contribution in [2.24, 2.45) is 0 Å². The topological polar surface area (TPSA) is 9.23 Å². The summed E-state index contributed by atoms with van der Waals surface area (Å²) in [7, 11) is 0. The lowest BCUT2D eigenvalue weighted by Crippen LogP contribution is -1.96. The van der Waals surface area contributed by atoms with E-state index in [0.29, 0.717) is 0 Å². The third-order valence-corrected chi connectivity index (χ3v) is 4.76. The van der Waals surface area contributed by atoms with Crippen LogP contribution in [0.1, 0.15) is 76.3 Å². The van der Waals surface area contributed by atoms with Gasteiger partial charge in [-0.3, -0.25) is 0 Å². The second-order valence-electron chi connectivity index (χ2n) is 6.94. The molecule has 0 fully saturated rings. The van der Waals surface area contributed by atoms with Crippen molar-refractivity contribution >= 4 is 0 Å². The highest BCUT2D eigenvalue weighted by atomic mass is 16.5. The summed E-state index contributed by atoms with van der Waals surface area (Å²) in [6, 6.07) is 17.1. The quantitative estimate of drug-likeness (QED) is 0.360. The van der Waals surface area contributed by atoms with Crippen molar-refractivity contribution < 1.29 is 4.74 Å². The Kier molecular flexibility index (Phi) is 9.18. The van der Waals surface area contributed by atoms with E-state index < -0.39 is 0 Å². The van der Waals surface area contributed by atoms with Gasteiger partial charge in [0.25, 0.3) is 0 Å². The van der Waals surface area contributed by atoms with Crippen LogP contribution in [-0.2, 0) is 12.8 Å². The normalized spacial score (nSPS) is 10.8. The SMILES string of the molecule is CCCCCCc1ccccc1Oc1ccccc1CCCCCC. The van der Waals surface area contributed by atoms with Crippen LogP contribution in [0.5, 0.6) is 11.5 Å². The summed E-state index contributed by atoms with van der Waals surface area (Å²) in [5.74, 6) is 2.06. The summed E-state index contributed by atoms with van der Waals surface area (Å²) in [5, 5.41) is 0. The molecule has 0 atom stereocenters. The van der Waals surface area contributed by atoms with Gasteiger partial charge in [0, 0.05) is 0 Å². The van der Waals surface area contributed by atoms with Crippen molar-refractivity contribution in [1.82, 2.24) is 0 Å². The van der Waals surface area contributed by atoms with E-state index in [-0.39, 0.29) is 0 Å². The van der Waals surface area contributed by atoms with E-state index in [4.69, 9.17) is 4.74 Å². The number of ether oxygens (including phenoxy) is 1. The molecule has 0 saturated heterocycles. The predicted molar refractivity (Wildman–Crippen MR) is 109 cm³/mol. The largest absolute Gasteiger partial charge is 0.457 e. The van der Waals surface area contributed by atoms with Crippen LogP contribution in [0.25, 0.3) is 0 Å². The molecule has 25 heavy (non-hydrogen) atoms. The van der Waals surface area contributed by atoms with Crippen LogP contribution in [0, 0.1) is 0 Å². The minimum atomic E-state index is 1.03. The average molecular weight is 339 g/mol. The van der Waals surface area contributed by atoms with E-state index >= 15 is 0 Å².